The van der Waals surface area contributed by atoms with Crippen molar-refractivity contribution in [3.63, 3.8) is 0 Å². The number of aromatic nitrogens is 1. The highest BCUT2D eigenvalue weighted by atomic mass is 32.1. The van der Waals surface area contributed by atoms with Crippen LogP contribution in [0.15, 0.2) is 103 Å². The van der Waals surface area contributed by atoms with Crippen molar-refractivity contribution >= 4 is 28.1 Å². The molecule has 0 fully saturated rings. The number of aliphatic hydroxyl groups excluding tert-OH is 1. The van der Waals surface area contributed by atoms with Crippen LogP contribution in [0.4, 0.5) is 0 Å². The number of primary amides is 1. The Hall–Kier alpha value is -4.33. The molecule has 0 unspecified atom stereocenters. The van der Waals surface area contributed by atoms with Crippen molar-refractivity contribution in [3.05, 3.63) is 125 Å². The van der Waals surface area contributed by atoms with Crippen LogP contribution in [0.3, 0.4) is 0 Å². The zero-order chi connectivity index (χ0) is 27.9. The molecule has 0 aliphatic heterocycles. The fourth-order valence-corrected chi connectivity index (χ4v) is 5.53. The molecule has 0 aliphatic carbocycles. The minimum Gasteiger partial charge on any atom is -0.490 e. The number of thiophene rings is 1. The molecule has 7 heteroatoms. The summed E-state index contributed by atoms with van der Waals surface area (Å²) in [4.78, 5) is 15.9. The minimum absolute atomic E-state index is 0.185. The number of para-hydroxylation sites is 2. The summed E-state index contributed by atoms with van der Waals surface area (Å²) in [6, 6.07) is 25.8. The summed E-state index contributed by atoms with van der Waals surface area (Å²) in [6.07, 6.45) is 3.73. The first-order chi connectivity index (χ1) is 19.5. The van der Waals surface area contributed by atoms with Gasteiger partial charge in [-0.25, -0.2) is 0 Å². The molecule has 0 bridgehead atoms. The Bertz CT molecular complexity index is 1590. The second-order valence-electron chi connectivity index (χ2n) is 9.81. The number of nitrogens with two attached hydrogens (primary N) is 1. The van der Waals surface area contributed by atoms with E-state index in [0.717, 1.165) is 51.4 Å². The second kappa shape index (κ2) is 12.7. The first kappa shape index (κ1) is 27.2. The third-order valence-corrected chi connectivity index (χ3v) is 7.81. The van der Waals surface area contributed by atoms with Crippen LogP contribution in [0.2, 0.25) is 0 Å². The summed E-state index contributed by atoms with van der Waals surface area (Å²) in [7, 11) is 0. The maximum atomic E-state index is 11.3. The van der Waals surface area contributed by atoms with Crippen molar-refractivity contribution in [1.29, 1.82) is 0 Å². The van der Waals surface area contributed by atoms with Gasteiger partial charge in [0.15, 0.2) is 0 Å². The van der Waals surface area contributed by atoms with Gasteiger partial charge >= 0.3 is 0 Å². The number of nitrogens with one attached hydrogen (secondary N) is 2. The van der Waals surface area contributed by atoms with E-state index in [1.54, 1.807) is 23.5 Å². The van der Waals surface area contributed by atoms with Crippen LogP contribution in [0.5, 0.6) is 5.75 Å². The molecule has 0 spiro atoms. The quantitative estimate of drug-likeness (QED) is 0.147. The molecular formula is C33H33N3O3S. The number of H-pyrrole nitrogens is 1. The van der Waals surface area contributed by atoms with Gasteiger partial charge in [-0.2, -0.15) is 0 Å². The van der Waals surface area contributed by atoms with Crippen LogP contribution >= 0.6 is 11.3 Å². The van der Waals surface area contributed by atoms with Gasteiger partial charge in [0.25, 0.3) is 0 Å². The van der Waals surface area contributed by atoms with Crippen LogP contribution in [0, 0.1) is 0 Å². The van der Waals surface area contributed by atoms with E-state index >= 15 is 0 Å². The van der Waals surface area contributed by atoms with E-state index in [9.17, 15) is 9.90 Å². The van der Waals surface area contributed by atoms with Gasteiger partial charge in [0.05, 0.1) is 0 Å². The highest BCUT2D eigenvalue weighted by Crippen LogP contribution is 2.33. The Morgan fingerprint density at radius 2 is 1.82 bits per heavy atom. The number of aryl methyl sites for hydroxylation is 2. The highest BCUT2D eigenvalue weighted by Gasteiger charge is 2.12. The number of carbonyl (C=O) groups excluding carboxylic acids is 1. The summed E-state index contributed by atoms with van der Waals surface area (Å²) in [6.45, 7) is 4.72. The topological polar surface area (TPSA) is 100 Å². The number of carbonyl (C=O) groups is 1. The Balaban J connectivity index is 1.13. The number of rotatable bonds is 13. The number of allylic oxidation sites excluding steroid dienone is 1. The van der Waals surface area contributed by atoms with Gasteiger partial charge in [-0.1, -0.05) is 55.1 Å². The molecular weight excluding hydrogens is 518 g/mol. The zero-order valence-corrected chi connectivity index (χ0v) is 23.0. The maximum absolute atomic E-state index is 11.3. The van der Waals surface area contributed by atoms with Gasteiger partial charge in [0.2, 0.25) is 5.91 Å². The standard InChI is InChI=1S/C33H33N3O3S/c1-22(35-20-27(37)21-39-30-9-3-2-7-29(30)31-10-5-17-40-31)18-26-19-36-32-24(6-4-8-28(26)32)14-11-23-12-15-25(16-13-23)33(34)38/h2-10,12-13,15-17,19,27,35-37H,1,11,14,18,20-21H2,(H2,34,38)/t27-/m0/s1. The molecule has 204 valence electrons. The van der Waals surface area contributed by atoms with E-state index in [2.05, 4.69) is 41.1 Å². The molecule has 5 N–H and O–H groups in total. The number of aromatic amines is 1. The smallest absolute Gasteiger partial charge is 0.248 e. The van der Waals surface area contributed by atoms with Gasteiger partial charge in [0.1, 0.15) is 18.5 Å². The molecule has 3 aromatic carbocycles. The van der Waals surface area contributed by atoms with Crippen molar-refractivity contribution in [1.82, 2.24) is 10.3 Å². The Labute approximate surface area is 238 Å². The van der Waals surface area contributed by atoms with Crippen LogP contribution < -0.4 is 15.8 Å². The summed E-state index contributed by atoms with van der Waals surface area (Å²) >= 11 is 1.66. The van der Waals surface area contributed by atoms with Gasteiger partial charge in [0, 0.05) is 51.8 Å². The zero-order valence-electron chi connectivity index (χ0n) is 22.2. The first-order valence-electron chi connectivity index (χ1n) is 13.3. The molecule has 5 aromatic rings. The molecule has 1 amide bonds. The lowest BCUT2D eigenvalue weighted by molar-refractivity contribution is 0.1000. The highest BCUT2D eigenvalue weighted by molar-refractivity contribution is 7.13. The lowest BCUT2D eigenvalue weighted by atomic mass is 10.00. The normalized spacial score (nSPS) is 11.8. The lowest BCUT2D eigenvalue weighted by Crippen LogP contribution is -2.31. The lowest BCUT2D eigenvalue weighted by Gasteiger charge is -2.16. The number of amides is 1. The van der Waals surface area contributed by atoms with Crippen LogP contribution in [-0.2, 0) is 19.3 Å². The van der Waals surface area contributed by atoms with E-state index in [4.69, 9.17) is 10.5 Å². The van der Waals surface area contributed by atoms with Gasteiger partial charge in [-0.15, -0.1) is 11.3 Å². The third kappa shape index (κ3) is 6.62. The Morgan fingerprint density at radius 3 is 2.60 bits per heavy atom. The molecule has 0 radical (unpaired) electrons. The molecule has 5 rings (SSSR count). The predicted octanol–water partition coefficient (Wildman–Crippen LogP) is 5.87. The molecule has 0 saturated carbocycles. The van der Waals surface area contributed by atoms with Crippen LogP contribution in [0.25, 0.3) is 21.3 Å². The number of fused-ring (bicyclic) bond motifs is 1. The number of ether oxygens (including phenoxy) is 1. The second-order valence-corrected chi connectivity index (χ2v) is 10.8. The summed E-state index contributed by atoms with van der Waals surface area (Å²) in [5, 5.41) is 17.0. The van der Waals surface area contributed by atoms with E-state index in [0.29, 0.717) is 18.5 Å². The Morgan fingerprint density at radius 1 is 1.00 bits per heavy atom. The molecule has 2 heterocycles. The molecule has 0 saturated heterocycles. The first-order valence-corrected chi connectivity index (χ1v) is 14.2. The van der Waals surface area contributed by atoms with Gasteiger partial charge in [-0.05, 0) is 65.2 Å². The fourth-order valence-electron chi connectivity index (χ4n) is 4.77. The monoisotopic (exact) mass is 551 g/mol. The van der Waals surface area contributed by atoms with Crippen molar-refractivity contribution in [2.24, 2.45) is 5.73 Å². The molecule has 6 nitrogen and oxygen atoms in total. The largest absolute Gasteiger partial charge is 0.490 e. The predicted molar refractivity (Wildman–Crippen MR) is 163 cm³/mol. The number of aliphatic hydroxyl groups is 1. The summed E-state index contributed by atoms with van der Waals surface area (Å²) in [5.74, 6) is 0.352. The SMILES string of the molecule is C=C(Cc1c[nH]c2c(CCc3ccc(C(N)=O)cc3)cccc12)NC[C@H](O)COc1ccccc1-c1cccs1. The average Bonchev–Trinajstić information content (AvgIpc) is 3.65. The molecule has 2 aromatic heterocycles. The van der Waals surface area contributed by atoms with Crippen molar-refractivity contribution in [2.75, 3.05) is 13.2 Å². The van der Waals surface area contributed by atoms with E-state index < -0.39 is 12.0 Å². The third-order valence-electron chi connectivity index (χ3n) is 6.91. The summed E-state index contributed by atoms with van der Waals surface area (Å²) < 4.78 is 5.96. The number of benzene rings is 3. The van der Waals surface area contributed by atoms with Crippen molar-refractivity contribution < 1.29 is 14.6 Å². The average molecular weight is 552 g/mol. The number of hydrogen-bond acceptors (Lipinski definition) is 5. The molecule has 1 atom stereocenters. The van der Waals surface area contributed by atoms with E-state index in [1.807, 2.05) is 54.0 Å². The van der Waals surface area contributed by atoms with Crippen LogP contribution in [0.1, 0.15) is 27.0 Å². The Kier molecular flexibility index (Phi) is 8.64. The van der Waals surface area contributed by atoms with Crippen LogP contribution in [-0.4, -0.2) is 35.3 Å². The number of hydrogen-bond donors (Lipinski definition) is 4. The fraction of sp³-hybridized carbons (Fsp3) is 0.182. The van der Waals surface area contributed by atoms with Crippen molar-refractivity contribution in [2.45, 2.75) is 25.4 Å². The van der Waals surface area contributed by atoms with Gasteiger partial charge in [-0.3, -0.25) is 4.79 Å². The maximum Gasteiger partial charge on any atom is 0.248 e. The van der Waals surface area contributed by atoms with Crippen molar-refractivity contribution in [3.8, 4) is 16.2 Å². The molecule has 40 heavy (non-hydrogen) atoms. The molecule has 0 aliphatic rings. The van der Waals surface area contributed by atoms with E-state index in [-0.39, 0.29) is 6.61 Å². The minimum atomic E-state index is -0.681. The summed E-state index contributed by atoms with van der Waals surface area (Å²) in [5.41, 5.74) is 12.4. The van der Waals surface area contributed by atoms with Gasteiger partial charge < -0.3 is 25.9 Å². The van der Waals surface area contributed by atoms with E-state index in [1.165, 1.54) is 10.9 Å².